The van der Waals surface area contributed by atoms with Gasteiger partial charge in [-0.2, -0.15) is 0 Å². The van der Waals surface area contributed by atoms with Crippen LogP contribution >= 0.6 is 31.9 Å². The van der Waals surface area contributed by atoms with Crippen molar-refractivity contribution in [1.82, 2.24) is 4.90 Å². The molecule has 0 N–H and O–H groups in total. The Morgan fingerprint density at radius 1 is 1.05 bits per heavy atom. The second-order valence-corrected chi connectivity index (χ2v) is 8.00. The van der Waals surface area contributed by atoms with E-state index in [0.717, 1.165) is 33.4 Å². The fourth-order valence-electron chi connectivity index (χ4n) is 3.87. The summed E-state index contributed by atoms with van der Waals surface area (Å²) in [5.74, 6) is 0.910. The number of halogens is 2. The molecule has 3 rings (SSSR count). The molecule has 1 aliphatic carbocycles. The molecular formula is C17H21Br2NO. The van der Waals surface area contributed by atoms with Crippen LogP contribution in [0.25, 0.3) is 0 Å². The molecule has 4 heteroatoms. The van der Waals surface area contributed by atoms with E-state index in [-0.39, 0.29) is 5.91 Å². The molecule has 1 atom stereocenters. The minimum Gasteiger partial charge on any atom is -0.335 e. The molecule has 21 heavy (non-hydrogen) atoms. The lowest BCUT2D eigenvalue weighted by Gasteiger charge is -2.34. The van der Waals surface area contributed by atoms with Gasteiger partial charge in [0.15, 0.2) is 0 Å². The molecule has 114 valence electrons. The Morgan fingerprint density at radius 2 is 1.81 bits per heavy atom. The third kappa shape index (κ3) is 3.37. The summed E-state index contributed by atoms with van der Waals surface area (Å²) in [4.78, 5) is 15.1. The zero-order valence-electron chi connectivity index (χ0n) is 12.2. The maximum Gasteiger partial charge on any atom is 0.255 e. The molecule has 1 heterocycles. The Balaban J connectivity index is 1.80. The molecule has 2 fully saturated rings. The molecule has 0 bridgehead atoms. The van der Waals surface area contributed by atoms with E-state index in [0.29, 0.717) is 6.04 Å². The van der Waals surface area contributed by atoms with E-state index >= 15 is 0 Å². The van der Waals surface area contributed by atoms with Crippen LogP contribution in [-0.2, 0) is 0 Å². The number of carbonyl (C=O) groups is 1. The van der Waals surface area contributed by atoms with Crippen molar-refractivity contribution in [3.63, 3.8) is 0 Å². The van der Waals surface area contributed by atoms with E-state index in [2.05, 4.69) is 36.8 Å². The Hall–Kier alpha value is -0.350. The van der Waals surface area contributed by atoms with Crippen molar-refractivity contribution < 1.29 is 4.79 Å². The average Bonchev–Trinajstić information content (AvgIpc) is 2.99. The predicted molar refractivity (Wildman–Crippen MR) is 92.5 cm³/mol. The van der Waals surface area contributed by atoms with Gasteiger partial charge in [0, 0.05) is 21.5 Å². The van der Waals surface area contributed by atoms with E-state index < -0.39 is 0 Å². The molecule has 1 saturated heterocycles. The maximum atomic E-state index is 12.9. The Labute approximate surface area is 143 Å². The second-order valence-electron chi connectivity index (χ2n) is 6.23. The second kappa shape index (κ2) is 6.82. The van der Waals surface area contributed by atoms with E-state index in [9.17, 15) is 4.79 Å². The lowest BCUT2D eigenvalue weighted by atomic mass is 9.83. The van der Waals surface area contributed by atoms with Crippen molar-refractivity contribution in [1.29, 1.82) is 0 Å². The highest BCUT2D eigenvalue weighted by Crippen LogP contribution is 2.35. The first-order valence-electron chi connectivity index (χ1n) is 7.93. The van der Waals surface area contributed by atoms with Crippen molar-refractivity contribution in [3.05, 3.63) is 32.7 Å². The zero-order valence-corrected chi connectivity index (χ0v) is 15.3. The van der Waals surface area contributed by atoms with Crippen molar-refractivity contribution in [2.45, 2.75) is 51.0 Å². The van der Waals surface area contributed by atoms with Crippen LogP contribution in [0.4, 0.5) is 0 Å². The third-order valence-electron chi connectivity index (χ3n) is 4.91. The molecule has 1 amide bonds. The van der Waals surface area contributed by atoms with E-state index in [1.54, 1.807) is 0 Å². The first-order valence-corrected chi connectivity index (χ1v) is 9.51. The lowest BCUT2D eigenvalue weighted by Crippen LogP contribution is -2.40. The first-order chi connectivity index (χ1) is 10.2. The summed E-state index contributed by atoms with van der Waals surface area (Å²) in [7, 11) is 0. The fourth-order valence-corrected chi connectivity index (χ4v) is 4.65. The Kier molecular flexibility index (Phi) is 5.05. The van der Waals surface area contributed by atoms with Crippen LogP contribution in [-0.4, -0.2) is 23.4 Å². The molecule has 0 spiro atoms. The van der Waals surface area contributed by atoms with Crippen molar-refractivity contribution >= 4 is 37.8 Å². The largest absolute Gasteiger partial charge is 0.335 e. The van der Waals surface area contributed by atoms with E-state index in [1.807, 2.05) is 18.2 Å². The van der Waals surface area contributed by atoms with Gasteiger partial charge in [-0.3, -0.25) is 4.79 Å². The van der Waals surface area contributed by atoms with Crippen LogP contribution in [0.5, 0.6) is 0 Å². The molecule has 2 nitrogen and oxygen atoms in total. The number of likely N-dealkylation sites (tertiary alicyclic amines) is 1. The summed E-state index contributed by atoms with van der Waals surface area (Å²) in [6, 6.07) is 6.30. The number of nitrogens with zero attached hydrogens (tertiary/aromatic N) is 1. The summed E-state index contributed by atoms with van der Waals surface area (Å²) >= 11 is 7.00. The third-order valence-corrected chi connectivity index (χ3v) is 6.10. The molecule has 1 saturated carbocycles. The summed E-state index contributed by atoms with van der Waals surface area (Å²) in [6.07, 6.45) is 8.98. The van der Waals surface area contributed by atoms with Crippen LogP contribution in [0.1, 0.15) is 55.3 Å². The minimum atomic E-state index is 0.191. The molecular weight excluding hydrogens is 394 g/mol. The monoisotopic (exact) mass is 413 g/mol. The average molecular weight is 415 g/mol. The molecule has 0 aromatic heterocycles. The number of carbonyl (C=O) groups excluding carboxylic acids is 1. The normalized spacial score (nSPS) is 23.5. The van der Waals surface area contributed by atoms with Gasteiger partial charge in [-0.15, -0.1) is 0 Å². The summed E-state index contributed by atoms with van der Waals surface area (Å²) in [5.41, 5.74) is 0.784. The molecule has 1 unspecified atom stereocenters. The summed E-state index contributed by atoms with van der Waals surface area (Å²) in [6.45, 7) is 0.916. The SMILES string of the molecule is O=C(c1cc(Br)ccc1Br)N1CCCC1C1CCCCC1. The van der Waals surface area contributed by atoms with Crippen LogP contribution in [0.3, 0.4) is 0 Å². The van der Waals surface area contributed by atoms with Gasteiger partial charge in [0.05, 0.1) is 5.56 Å². The smallest absolute Gasteiger partial charge is 0.255 e. The Bertz CT molecular complexity index is 526. The highest BCUT2D eigenvalue weighted by molar-refractivity contribution is 9.11. The molecule has 0 radical (unpaired) electrons. The van der Waals surface area contributed by atoms with Crippen molar-refractivity contribution in [3.8, 4) is 0 Å². The van der Waals surface area contributed by atoms with Crippen LogP contribution in [0, 0.1) is 5.92 Å². The van der Waals surface area contributed by atoms with Crippen molar-refractivity contribution in [2.75, 3.05) is 6.54 Å². The van der Waals surface area contributed by atoms with Crippen LogP contribution in [0.2, 0.25) is 0 Å². The number of hydrogen-bond acceptors (Lipinski definition) is 1. The highest BCUT2D eigenvalue weighted by atomic mass is 79.9. The molecule has 1 aliphatic heterocycles. The van der Waals surface area contributed by atoms with Crippen molar-refractivity contribution in [2.24, 2.45) is 5.92 Å². The van der Waals surface area contributed by atoms with Gasteiger partial charge < -0.3 is 4.90 Å². The molecule has 1 aromatic rings. The first kappa shape index (κ1) is 15.5. The molecule has 2 aliphatic rings. The minimum absolute atomic E-state index is 0.191. The van der Waals surface area contributed by atoms with Gasteiger partial charge >= 0.3 is 0 Å². The Morgan fingerprint density at radius 3 is 2.57 bits per heavy atom. The zero-order chi connectivity index (χ0) is 14.8. The quantitative estimate of drug-likeness (QED) is 0.634. The summed E-state index contributed by atoms with van der Waals surface area (Å²) in [5, 5.41) is 0. The van der Waals surface area contributed by atoms with Crippen LogP contribution in [0.15, 0.2) is 27.1 Å². The van der Waals surface area contributed by atoms with Gasteiger partial charge in [-0.25, -0.2) is 0 Å². The van der Waals surface area contributed by atoms with E-state index in [4.69, 9.17) is 0 Å². The molecule has 1 aromatic carbocycles. The highest BCUT2D eigenvalue weighted by Gasteiger charge is 2.35. The van der Waals surface area contributed by atoms with Gasteiger partial charge in [0.25, 0.3) is 5.91 Å². The number of amides is 1. The van der Waals surface area contributed by atoms with E-state index in [1.165, 1.54) is 38.5 Å². The predicted octanol–water partition coefficient (Wildman–Crippen LogP) is 5.40. The number of benzene rings is 1. The fraction of sp³-hybridized carbons (Fsp3) is 0.588. The number of hydrogen-bond donors (Lipinski definition) is 0. The van der Waals surface area contributed by atoms with Gasteiger partial charge in [-0.05, 0) is 65.7 Å². The topological polar surface area (TPSA) is 20.3 Å². The van der Waals surface area contributed by atoms with Gasteiger partial charge in [0.1, 0.15) is 0 Å². The van der Waals surface area contributed by atoms with Crippen LogP contribution < -0.4 is 0 Å². The standard InChI is InChI=1S/C17H21Br2NO/c18-13-8-9-15(19)14(11-13)17(21)20-10-4-7-16(20)12-5-2-1-3-6-12/h8-9,11-12,16H,1-7,10H2. The lowest BCUT2D eigenvalue weighted by molar-refractivity contribution is 0.0660. The maximum absolute atomic E-state index is 12.9. The summed E-state index contributed by atoms with van der Waals surface area (Å²) < 4.78 is 1.85. The van der Waals surface area contributed by atoms with Gasteiger partial charge in [0.2, 0.25) is 0 Å². The van der Waals surface area contributed by atoms with Gasteiger partial charge in [-0.1, -0.05) is 35.2 Å². The number of rotatable bonds is 2.